The van der Waals surface area contributed by atoms with Gasteiger partial charge in [-0.15, -0.1) is 0 Å². The highest BCUT2D eigenvalue weighted by atomic mass is 16.1. The van der Waals surface area contributed by atoms with Crippen molar-refractivity contribution in [1.29, 1.82) is 0 Å². The molecule has 2 rings (SSSR count). The van der Waals surface area contributed by atoms with E-state index in [4.69, 9.17) is 0 Å². The summed E-state index contributed by atoms with van der Waals surface area (Å²) >= 11 is 0. The lowest BCUT2D eigenvalue weighted by atomic mass is 9.99. The first-order chi connectivity index (χ1) is 9.79. The van der Waals surface area contributed by atoms with Crippen LogP contribution in [0.4, 0.5) is 0 Å². The van der Waals surface area contributed by atoms with Crippen molar-refractivity contribution in [3.8, 4) is 0 Å². The van der Waals surface area contributed by atoms with Crippen molar-refractivity contribution in [1.82, 2.24) is 9.80 Å². The minimum atomic E-state index is 0.454. The van der Waals surface area contributed by atoms with Gasteiger partial charge in [-0.3, -0.25) is 9.69 Å². The van der Waals surface area contributed by atoms with Crippen LogP contribution in [0.25, 0.3) is 0 Å². The normalized spacial score (nSPS) is 23.1. The number of carbonyl (C=O) groups is 1. The van der Waals surface area contributed by atoms with E-state index in [0.29, 0.717) is 12.3 Å². The second-order valence-electron chi connectivity index (χ2n) is 6.60. The van der Waals surface area contributed by atoms with Gasteiger partial charge < -0.3 is 4.90 Å². The SMILES string of the molecule is CCCCCC(=O)CN1CCC(N2CCCCC2)CC1. The van der Waals surface area contributed by atoms with Crippen LogP contribution in [0, 0.1) is 0 Å². The lowest BCUT2D eigenvalue weighted by Gasteiger charge is -2.40. The molecule has 0 saturated carbocycles. The Balaban J connectivity index is 1.62. The van der Waals surface area contributed by atoms with Gasteiger partial charge in [-0.25, -0.2) is 0 Å². The maximum atomic E-state index is 11.9. The molecule has 0 unspecified atom stereocenters. The highest BCUT2D eigenvalue weighted by molar-refractivity contribution is 5.80. The van der Waals surface area contributed by atoms with Gasteiger partial charge in [-0.2, -0.15) is 0 Å². The van der Waals surface area contributed by atoms with Crippen LogP contribution in [0.2, 0.25) is 0 Å². The number of carbonyl (C=O) groups excluding carboxylic acids is 1. The number of nitrogens with zero attached hydrogens (tertiary/aromatic N) is 2. The molecule has 0 spiro atoms. The Morgan fingerprint density at radius 1 is 1.00 bits per heavy atom. The summed E-state index contributed by atoms with van der Waals surface area (Å²) in [6.07, 6.45) is 11.0. The third-order valence-corrected chi connectivity index (χ3v) is 4.92. The van der Waals surface area contributed by atoms with Crippen molar-refractivity contribution < 1.29 is 4.79 Å². The topological polar surface area (TPSA) is 23.6 Å². The Bertz CT molecular complexity index is 279. The Kier molecular flexibility index (Phi) is 7.01. The zero-order valence-corrected chi connectivity index (χ0v) is 13.3. The zero-order valence-electron chi connectivity index (χ0n) is 13.3. The summed E-state index contributed by atoms with van der Waals surface area (Å²) in [6, 6.07) is 0.793. The molecule has 0 radical (unpaired) electrons. The van der Waals surface area contributed by atoms with E-state index in [1.54, 1.807) is 0 Å². The number of Topliss-reactive ketones (excluding diaryl/α,β-unsaturated/α-hetero) is 1. The van der Waals surface area contributed by atoms with Gasteiger partial charge in [0.15, 0.2) is 0 Å². The summed E-state index contributed by atoms with van der Waals surface area (Å²) in [4.78, 5) is 17.0. The number of likely N-dealkylation sites (tertiary alicyclic amines) is 2. The van der Waals surface area contributed by atoms with Gasteiger partial charge in [0.1, 0.15) is 5.78 Å². The molecule has 0 aromatic rings. The number of ketones is 1. The zero-order chi connectivity index (χ0) is 14.2. The van der Waals surface area contributed by atoms with E-state index < -0.39 is 0 Å². The minimum absolute atomic E-state index is 0.454. The average molecular weight is 280 g/mol. The summed E-state index contributed by atoms with van der Waals surface area (Å²) < 4.78 is 0. The second-order valence-corrected chi connectivity index (χ2v) is 6.60. The van der Waals surface area contributed by atoms with Gasteiger partial charge in [-0.05, 0) is 45.2 Å². The fourth-order valence-corrected chi connectivity index (χ4v) is 3.63. The van der Waals surface area contributed by atoms with Gasteiger partial charge in [0.25, 0.3) is 0 Å². The van der Waals surface area contributed by atoms with Gasteiger partial charge in [0.05, 0.1) is 6.54 Å². The molecular weight excluding hydrogens is 248 g/mol. The summed E-state index contributed by atoms with van der Waals surface area (Å²) in [5.74, 6) is 0.454. The van der Waals surface area contributed by atoms with E-state index in [-0.39, 0.29) is 0 Å². The monoisotopic (exact) mass is 280 g/mol. The van der Waals surface area contributed by atoms with Gasteiger partial charge in [0.2, 0.25) is 0 Å². The van der Waals surface area contributed by atoms with Gasteiger partial charge in [-0.1, -0.05) is 26.2 Å². The van der Waals surface area contributed by atoms with Crippen LogP contribution in [0.5, 0.6) is 0 Å². The van der Waals surface area contributed by atoms with E-state index >= 15 is 0 Å². The Morgan fingerprint density at radius 3 is 2.35 bits per heavy atom. The third-order valence-electron chi connectivity index (χ3n) is 4.92. The molecule has 2 aliphatic heterocycles. The molecule has 0 bridgehead atoms. The molecule has 116 valence electrons. The predicted octanol–water partition coefficient (Wildman–Crippen LogP) is 3.09. The molecule has 0 amide bonds. The van der Waals surface area contributed by atoms with Crippen LogP contribution in [0.15, 0.2) is 0 Å². The van der Waals surface area contributed by atoms with Crippen LogP contribution in [0.3, 0.4) is 0 Å². The Labute approximate surface area is 124 Å². The fourth-order valence-electron chi connectivity index (χ4n) is 3.63. The molecule has 2 heterocycles. The molecule has 2 aliphatic rings. The first-order valence-corrected chi connectivity index (χ1v) is 8.77. The van der Waals surface area contributed by atoms with E-state index in [0.717, 1.165) is 32.0 Å². The Hall–Kier alpha value is -0.410. The molecular formula is C17H32N2O. The molecule has 0 aromatic heterocycles. The number of hydrogen-bond acceptors (Lipinski definition) is 3. The predicted molar refractivity (Wildman–Crippen MR) is 84.0 cm³/mol. The number of unbranched alkanes of at least 4 members (excludes halogenated alkanes) is 2. The first kappa shape index (κ1) is 16.0. The van der Waals surface area contributed by atoms with E-state index in [1.165, 1.54) is 58.0 Å². The molecule has 0 aliphatic carbocycles. The molecule has 0 N–H and O–H groups in total. The molecule has 0 aromatic carbocycles. The van der Waals surface area contributed by atoms with Crippen molar-refractivity contribution in [3.63, 3.8) is 0 Å². The smallest absolute Gasteiger partial charge is 0.146 e. The van der Waals surface area contributed by atoms with Gasteiger partial charge >= 0.3 is 0 Å². The van der Waals surface area contributed by atoms with Crippen LogP contribution >= 0.6 is 0 Å². The minimum Gasteiger partial charge on any atom is -0.300 e. The highest BCUT2D eigenvalue weighted by Gasteiger charge is 2.26. The van der Waals surface area contributed by atoms with Gasteiger partial charge in [0, 0.05) is 25.6 Å². The summed E-state index contributed by atoms with van der Waals surface area (Å²) in [7, 11) is 0. The van der Waals surface area contributed by atoms with Crippen molar-refractivity contribution in [3.05, 3.63) is 0 Å². The maximum Gasteiger partial charge on any atom is 0.146 e. The van der Waals surface area contributed by atoms with Crippen molar-refractivity contribution in [2.45, 2.75) is 70.8 Å². The Morgan fingerprint density at radius 2 is 1.70 bits per heavy atom. The summed E-state index contributed by atoms with van der Waals surface area (Å²) in [5.41, 5.74) is 0. The van der Waals surface area contributed by atoms with Crippen LogP contribution in [-0.2, 0) is 4.79 Å². The molecule has 3 nitrogen and oxygen atoms in total. The molecule has 2 fully saturated rings. The quantitative estimate of drug-likeness (QED) is 0.670. The van der Waals surface area contributed by atoms with Crippen molar-refractivity contribution in [2.75, 3.05) is 32.7 Å². The van der Waals surface area contributed by atoms with Crippen molar-refractivity contribution in [2.24, 2.45) is 0 Å². The number of hydrogen-bond donors (Lipinski definition) is 0. The second kappa shape index (κ2) is 8.78. The average Bonchev–Trinajstić information content (AvgIpc) is 2.49. The summed E-state index contributed by atoms with van der Waals surface area (Å²) in [6.45, 7) is 7.76. The summed E-state index contributed by atoms with van der Waals surface area (Å²) in [5, 5.41) is 0. The molecule has 2 saturated heterocycles. The van der Waals surface area contributed by atoms with Crippen LogP contribution in [0.1, 0.15) is 64.7 Å². The maximum absolute atomic E-state index is 11.9. The van der Waals surface area contributed by atoms with Crippen LogP contribution in [-0.4, -0.2) is 54.3 Å². The van der Waals surface area contributed by atoms with Crippen LogP contribution < -0.4 is 0 Å². The third kappa shape index (κ3) is 5.17. The molecule has 0 atom stereocenters. The number of piperidine rings is 2. The first-order valence-electron chi connectivity index (χ1n) is 8.77. The molecule has 20 heavy (non-hydrogen) atoms. The van der Waals surface area contributed by atoms with Crippen molar-refractivity contribution >= 4 is 5.78 Å². The van der Waals surface area contributed by atoms with E-state index in [2.05, 4.69) is 16.7 Å². The van der Waals surface area contributed by atoms with E-state index in [9.17, 15) is 4.79 Å². The van der Waals surface area contributed by atoms with E-state index in [1.807, 2.05) is 0 Å². The molecule has 3 heteroatoms. The number of rotatable bonds is 7. The lowest BCUT2D eigenvalue weighted by Crippen LogP contribution is -2.47. The highest BCUT2D eigenvalue weighted by Crippen LogP contribution is 2.20. The lowest BCUT2D eigenvalue weighted by molar-refractivity contribution is -0.120. The largest absolute Gasteiger partial charge is 0.300 e. The standard InChI is InChI=1S/C17H32N2O/c1-2-3-5-8-17(20)15-18-13-9-16(10-14-18)19-11-6-4-7-12-19/h16H,2-15H2,1H3. The fraction of sp³-hybridized carbons (Fsp3) is 0.941.